The molecule has 38 heavy (non-hydrogen) atoms. The molecule has 0 saturated carbocycles. The van der Waals surface area contributed by atoms with E-state index in [-0.39, 0.29) is 6.61 Å². The minimum absolute atomic E-state index is 0.0434. The van der Waals surface area contributed by atoms with Crippen molar-refractivity contribution in [2.75, 3.05) is 0 Å². The second-order valence-corrected chi connectivity index (χ2v) is 10.3. The lowest BCUT2D eigenvalue weighted by Gasteiger charge is -2.13. The summed E-state index contributed by atoms with van der Waals surface area (Å²) >= 11 is 1.68. The van der Waals surface area contributed by atoms with Crippen LogP contribution in [0.15, 0.2) is 93.5 Å². The van der Waals surface area contributed by atoms with Gasteiger partial charge in [-0.1, -0.05) is 54.6 Å². The van der Waals surface area contributed by atoms with E-state index in [9.17, 15) is 9.59 Å². The van der Waals surface area contributed by atoms with Crippen LogP contribution in [0.25, 0.3) is 44.3 Å². The lowest BCUT2D eigenvalue weighted by Crippen LogP contribution is -2.12. The van der Waals surface area contributed by atoms with Crippen LogP contribution >= 0.6 is 11.3 Å². The number of fused-ring (bicyclic) bond motifs is 5. The van der Waals surface area contributed by atoms with E-state index in [1.165, 1.54) is 6.07 Å². The van der Waals surface area contributed by atoms with Gasteiger partial charge in [0.05, 0.1) is 16.8 Å². The third-order valence-electron chi connectivity index (χ3n) is 7.08. The van der Waals surface area contributed by atoms with Crippen molar-refractivity contribution in [3.8, 4) is 0 Å². The molecule has 0 spiro atoms. The predicted octanol–water partition coefficient (Wildman–Crippen LogP) is 7.40. The lowest BCUT2D eigenvalue weighted by molar-refractivity contribution is 0.0475. The second kappa shape index (κ2) is 9.08. The number of ether oxygens (including phenoxy) is 1. The lowest BCUT2D eigenvalue weighted by atomic mass is 10.0. The molecule has 0 saturated heterocycles. The first-order valence-electron chi connectivity index (χ1n) is 12.4. The van der Waals surface area contributed by atoms with Gasteiger partial charge in [0.15, 0.2) is 0 Å². The van der Waals surface area contributed by atoms with Crippen molar-refractivity contribution in [1.82, 2.24) is 4.98 Å². The fourth-order valence-corrected chi connectivity index (χ4v) is 6.09. The molecule has 0 radical (unpaired) electrons. The molecule has 0 amide bonds. The first kappa shape index (κ1) is 22.6. The van der Waals surface area contributed by atoms with Gasteiger partial charge in [-0.25, -0.2) is 14.6 Å². The third-order valence-corrected chi connectivity index (χ3v) is 7.90. The molecule has 184 valence electrons. The topological polar surface area (TPSA) is 69.4 Å². The average Bonchev–Trinajstić information content (AvgIpc) is 3.60. The maximum atomic E-state index is 13.7. The fraction of sp³-hybridized carbons (Fsp3) is 0.0938. The summed E-state index contributed by atoms with van der Waals surface area (Å²) in [5.41, 5.74) is 4.83. The highest BCUT2D eigenvalue weighted by atomic mass is 32.1. The molecule has 0 atom stereocenters. The molecule has 3 heterocycles. The summed E-state index contributed by atoms with van der Waals surface area (Å²) in [6.07, 6.45) is 3.69. The van der Waals surface area contributed by atoms with Gasteiger partial charge >= 0.3 is 11.6 Å². The summed E-state index contributed by atoms with van der Waals surface area (Å²) in [4.78, 5) is 32.2. The molecule has 0 unspecified atom stereocenters. The minimum Gasteiger partial charge on any atom is -0.457 e. The fourth-order valence-electron chi connectivity index (χ4n) is 5.41. The number of nitrogens with zero attached hydrogens (tertiary/aromatic N) is 1. The van der Waals surface area contributed by atoms with Crippen molar-refractivity contribution in [2.45, 2.75) is 19.4 Å². The molecule has 3 aromatic heterocycles. The summed E-state index contributed by atoms with van der Waals surface area (Å²) in [5, 5.41) is 5.57. The van der Waals surface area contributed by atoms with Crippen LogP contribution in [0.4, 0.5) is 0 Å². The highest BCUT2D eigenvalue weighted by molar-refractivity contribution is 7.10. The van der Waals surface area contributed by atoms with Crippen LogP contribution in [0.3, 0.4) is 0 Å². The number of para-hydroxylation sites is 1. The summed E-state index contributed by atoms with van der Waals surface area (Å²) < 4.78 is 11.4. The number of carbonyl (C=O) groups is 1. The van der Waals surface area contributed by atoms with Gasteiger partial charge in [0.25, 0.3) is 0 Å². The van der Waals surface area contributed by atoms with Gasteiger partial charge < -0.3 is 9.15 Å². The Labute approximate surface area is 221 Å². The molecule has 1 aliphatic carbocycles. The molecule has 6 aromatic rings. The number of hydrogen-bond acceptors (Lipinski definition) is 6. The molecule has 0 aliphatic heterocycles. The Morgan fingerprint density at radius 1 is 0.974 bits per heavy atom. The average molecular weight is 516 g/mol. The zero-order chi connectivity index (χ0) is 25.6. The van der Waals surface area contributed by atoms with Gasteiger partial charge in [-0.15, -0.1) is 11.3 Å². The first-order valence-corrected chi connectivity index (χ1v) is 13.3. The van der Waals surface area contributed by atoms with Gasteiger partial charge in [0.1, 0.15) is 12.2 Å². The van der Waals surface area contributed by atoms with E-state index in [1.807, 2.05) is 60.7 Å². The Morgan fingerprint density at radius 3 is 2.68 bits per heavy atom. The van der Waals surface area contributed by atoms with E-state index in [4.69, 9.17) is 14.1 Å². The highest BCUT2D eigenvalue weighted by Gasteiger charge is 2.28. The Balaban J connectivity index is 1.31. The molecular formula is C32H21NO4S. The van der Waals surface area contributed by atoms with Crippen LogP contribution in [0.2, 0.25) is 0 Å². The number of aromatic nitrogens is 1. The summed E-state index contributed by atoms with van der Waals surface area (Å²) in [7, 11) is 0. The van der Waals surface area contributed by atoms with Gasteiger partial charge in [0.2, 0.25) is 0 Å². The summed E-state index contributed by atoms with van der Waals surface area (Å²) in [6, 6.07) is 24.8. The number of thiophene rings is 1. The zero-order valence-corrected chi connectivity index (χ0v) is 21.1. The quantitative estimate of drug-likeness (QED) is 0.139. The van der Waals surface area contributed by atoms with Crippen LogP contribution in [0.5, 0.6) is 0 Å². The molecule has 6 heteroatoms. The zero-order valence-electron chi connectivity index (χ0n) is 20.3. The van der Waals surface area contributed by atoms with E-state index in [0.29, 0.717) is 16.7 Å². The van der Waals surface area contributed by atoms with Crippen LogP contribution in [-0.2, 0) is 17.8 Å². The monoisotopic (exact) mass is 515 g/mol. The van der Waals surface area contributed by atoms with E-state index in [0.717, 1.165) is 61.6 Å². The van der Waals surface area contributed by atoms with Crippen LogP contribution in [0.1, 0.15) is 38.5 Å². The van der Waals surface area contributed by atoms with E-state index >= 15 is 0 Å². The molecule has 0 bridgehead atoms. The van der Waals surface area contributed by atoms with E-state index < -0.39 is 11.6 Å². The number of pyridine rings is 1. The van der Waals surface area contributed by atoms with Crippen LogP contribution in [0, 0.1) is 0 Å². The SMILES string of the molecule is O=C(OCc1cc(=O)oc2ccc3ccccc3c12)c1c2c(nc3ccccc13)/C(=C\c1cccs1)CC2. The molecule has 5 nitrogen and oxygen atoms in total. The van der Waals surface area contributed by atoms with Crippen LogP contribution < -0.4 is 5.63 Å². The van der Waals surface area contributed by atoms with Crippen molar-refractivity contribution >= 4 is 61.6 Å². The van der Waals surface area contributed by atoms with Crippen molar-refractivity contribution in [3.63, 3.8) is 0 Å². The molecular weight excluding hydrogens is 494 g/mol. The van der Waals surface area contributed by atoms with Crippen molar-refractivity contribution in [3.05, 3.63) is 122 Å². The number of hydrogen-bond donors (Lipinski definition) is 0. The molecule has 0 N–H and O–H groups in total. The Bertz CT molecular complexity index is 1970. The molecule has 0 fully saturated rings. The minimum atomic E-state index is -0.475. The number of esters is 1. The van der Waals surface area contributed by atoms with Gasteiger partial charge in [-0.05, 0) is 64.4 Å². The Morgan fingerprint density at radius 2 is 1.82 bits per heavy atom. The van der Waals surface area contributed by atoms with Gasteiger partial charge in [0, 0.05) is 27.3 Å². The molecule has 1 aliphatic rings. The predicted molar refractivity (Wildman–Crippen MR) is 151 cm³/mol. The molecule has 3 aromatic carbocycles. The number of carbonyl (C=O) groups excluding carboxylic acids is 1. The highest BCUT2D eigenvalue weighted by Crippen LogP contribution is 2.38. The Hall–Kier alpha value is -4.55. The van der Waals surface area contributed by atoms with Crippen molar-refractivity contribution < 1.29 is 13.9 Å². The maximum absolute atomic E-state index is 13.7. The summed E-state index contributed by atoms with van der Waals surface area (Å²) in [6.45, 7) is -0.0434. The van der Waals surface area contributed by atoms with Crippen molar-refractivity contribution in [2.24, 2.45) is 0 Å². The van der Waals surface area contributed by atoms with Gasteiger partial charge in [-0.2, -0.15) is 0 Å². The molecule has 7 rings (SSSR count). The maximum Gasteiger partial charge on any atom is 0.339 e. The van der Waals surface area contributed by atoms with E-state index in [1.54, 1.807) is 17.4 Å². The third kappa shape index (κ3) is 3.81. The van der Waals surface area contributed by atoms with E-state index in [2.05, 4.69) is 17.5 Å². The smallest absolute Gasteiger partial charge is 0.339 e. The van der Waals surface area contributed by atoms with Crippen LogP contribution in [-0.4, -0.2) is 11.0 Å². The standard InChI is InChI=1S/C32H21NO4S/c34-28-17-21(29-23-8-2-1-6-19(23)12-14-27(29)37-28)18-36-32(35)30-24-9-3-4-10-26(24)33-31-20(11-13-25(30)31)16-22-7-5-15-38-22/h1-10,12,14-17H,11,13,18H2/b20-16-. The van der Waals surface area contributed by atoms with Gasteiger partial charge in [-0.3, -0.25) is 0 Å². The second-order valence-electron chi connectivity index (χ2n) is 9.34. The number of allylic oxidation sites excluding steroid dienone is 1. The number of rotatable bonds is 4. The normalized spacial score (nSPS) is 13.9. The van der Waals surface area contributed by atoms with Crippen molar-refractivity contribution in [1.29, 1.82) is 0 Å². The largest absolute Gasteiger partial charge is 0.457 e. The summed E-state index contributed by atoms with van der Waals surface area (Å²) in [5.74, 6) is -0.418. The Kier molecular flexibility index (Phi) is 5.41. The number of benzene rings is 3. The first-order chi connectivity index (χ1) is 18.7.